The van der Waals surface area contributed by atoms with Gasteiger partial charge in [0.15, 0.2) is 0 Å². The first-order valence-corrected chi connectivity index (χ1v) is 7.40. The maximum atomic E-state index is 3.40. The molecule has 17 heavy (non-hydrogen) atoms. The molecular formula is C16H31N. The van der Waals surface area contributed by atoms with Gasteiger partial charge in [-0.2, -0.15) is 0 Å². The van der Waals surface area contributed by atoms with Gasteiger partial charge in [-0.05, 0) is 67.4 Å². The third-order valence-corrected chi connectivity index (χ3v) is 6.25. The van der Waals surface area contributed by atoms with E-state index in [1.54, 1.807) is 0 Å². The van der Waals surface area contributed by atoms with Crippen LogP contribution in [0.1, 0.15) is 60.3 Å². The highest BCUT2D eigenvalue weighted by molar-refractivity contribution is 5.18. The molecule has 0 aliphatic heterocycles. The minimum absolute atomic E-state index is 0.513. The maximum Gasteiger partial charge on any atom is -0.00127 e. The summed E-state index contributed by atoms with van der Waals surface area (Å²) in [7, 11) is 2.10. The Morgan fingerprint density at radius 2 is 1.65 bits per heavy atom. The Morgan fingerprint density at radius 1 is 1.12 bits per heavy atom. The summed E-state index contributed by atoms with van der Waals surface area (Å²) in [6.45, 7) is 13.4. The molecular weight excluding hydrogens is 206 g/mol. The van der Waals surface area contributed by atoms with Gasteiger partial charge in [-0.25, -0.2) is 0 Å². The van der Waals surface area contributed by atoms with E-state index in [1.165, 1.54) is 32.2 Å². The topological polar surface area (TPSA) is 12.0 Å². The first kappa shape index (κ1) is 13.4. The fourth-order valence-corrected chi connectivity index (χ4v) is 4.71. The Bertz CT molecular complexity index is 276. The summed E-state index contributed by atoms with van der Waals surface area (Å²) in [6, 6.07) is 0. The minimum Gasteiger partial charge on any atom is -0.319 e. The summed E-state index contributed by atoms with van der Waals surface area (Å²) in [4.78, 5) is 0. The lowest BCUT2D eigenvalue weighted by Gasteiger charge is -2.38. The van der Waals surface area contributed by atoms with Crippen LogP contribution in [0.2, 0.25) is 0 Å². The molecule has 0 bridgehead atoms. The first-order valence-electron chi connectivity index (χ1n) is 7.40. The van der Waals surface area contributed by atoms with E-state index in [0.29, 0.717) is 16.2 Å². The van der Waals surface area contributed by atoms with E-state index < -0.39 is 0 Å². The Hall–Kier alpha value is -0.0400. The molecule has 0 heterocycles. The van der Waals surface area contributed by atoms with Crippen molar-refractivity contribution in [2.45, 2.75) is 60.3 Å². The quantitative estimate of drug-likeness (QED) is 0.763. The summed E-state index contributed by atoms with van der Waals surface area (Å²) < 4.78 is 0. The lowest BCUT2D eigenvalue weighted by Crippen LogP contribution is -2.29. The molecule has 1 atom stereocenters. The highest BCUT2D eigenvalue weighted by Crippen LogP contribution is 2.75. The van der Waals surface area contributed by atoms with Gasteiger partial charge in [0, 0.05) is 0 Å². The predicted octanol–water partition coefficient (Wildman–Crippen LogP) is 4.08. The molecule has 1 spiro atoms. The van der Waals surface area contributed by atoms with Gasteiger partial charge >= 0.3 is 0 Å². The molecule has 0 radical (unpaired) electrons. The Morgan fingerprint density at radius 3 is 2.06 bits per heavy atom. The summed E-state index contributed by atoms with van der Waals surface area (Å²) in [5.41, 5.74) is 1.77. The highest BCUT2D eigenvalue weighted by Gasteiger charge is 2.69. The van der Waals surface area contributed by atoms with Gasteiger partial charge in [0.25, 0.3) is 0 Å². The van der Waals surface area contributed by atoms with Crippen LogP contribution in [-0.2, 0) is 0 Å². The molecule has 2 rings (SSSR count). The molecule has 0 aromatic carbocycles. The maximum absolute atomic E-state index is 3.40. The smallest absolute Gasteiger partial charge is 0.00127 e. The molecule has 2 saturated carbocycles. The second-order valence-corrected chi connectivity index (χ2v) is 8.13. The molecule has 2 aliphatic rings. The van der Waals surface area contributed by atoms with E-state index in [2.05, 4.69) is 47.0 Å². The molecule has 2 aliphatic carbocycles. The van der Waals surface area contributed by atoms with Gasteiger partial charge in [0.1, 0.15) is 0 Å². The standard InChI is InChI=1S/C16H31N/c1-14(2,3)12-7-9-16(10-8-12)13(11-17-6)15(16,4)5/h12-13,17H,7-11H2,1-6H3. The highest BCUT2D eigenvalue weighted by atomic mass is 14.9. The summed E-state index contributed by atoms with van der Waals surface area (Å²) >= 11 is 0. The van der Waals surface area contributed by atoms with Crippen molar-refractivity contribution >= 4 is 0 Å². The summed E-state index contributed by atoms with van der Waals surface area (Å²) in [6.07, 6.45) is 5.84. The molecule has 100 valence electrons. The van der Waals surface area contributed by atoms with Crippen LogP contribution in [0, 0.1) is 28.1 Å². The second kappa shape index (κ2) is 3.98. The molecule has 1 heteroatoms. The van der Waals surface area contributed by atoms with E-state index in [1.807, 2.05) is 0 Å². The predicted molar refractivity (Wildman–Crippen MR) is 75.0 cm³/mol. The van der Waals surface area contributed by atoms with E-state index in [0.717, 1.165) is 11.8 Å². The van der Waals surface area contributed by atoms with Gasteiger partial charge < -0.3 is 5.32 Å². The molecule has 0 aromatic heterocycles. The SMILES string of the molecule is CNCC1C(C)(C)C12CCC(C(C)(C)C)CC2. The molecule has 1 unspecified atom stereocenters. The van der Waals surface area contributed by atoms with Gasteiger partial charge in [0.2, 0.25) is 0 Å². The Balaban J connectivity index is 2.00. The van der Waals surface area contributed by atoms with Crippen LogP contribution in [-0.4, -0.2) is 13.6 Å². The van der Waals surface area contributed by atoms with Crippen LogP contribution < -0.4 is 5.32 Å². The molecule has 1 nitrogen and oxygen atoms in total. The van der Waals surface area contributed by atoms with Gasteiger partial charge in [0.05, 0.1) is 0 Å². The number of rotatable bonds is 2. The average molecular weight is 237 g/mol. The van der Waals surface area contributed by atoms with E-state index in [9.17, 15) is 0 Å². The van der Waals surface area contributed by atoms with E-state index >= 15 is 0 Å². The molecule has 1 N–H and O–H groups in total. The van der Waals surface area contributed by atoms with E-state index in [-0.39, 0.29) is 0 Å². The zero-order valence-corrected chi connectivity index (χ0v) is 12.7. The second-order valence-electron chi connectivity index (χ2n) is 8.13. The number of hydrogen-bond acceptors (Lipinski definition) is 1. The van der Waals surface area contributed by atoms with Crippen LogP contribution >= 0.6 is 0 Å². The number of hydrogen-bond donors (Lipinski definition) is 1. The Labute approximate surface area is 108 Å². The Kier molecular flexibility index (Phi) is 3.14. The van der Waals surface area contributed by atoms with Crippen LogP contribution in [0.15, 0.2) is 0 Å². The third-order valence-electron chi connectivity index (χ3n) is 6.25. The average Bonchev–Trinajstić information content (AvgIpc) is 2.65. The van der Waals surface area contributed by atoms with Crippen molar-refractivity contribution in [3.05, 3.63) is 0 Å². The zero-order valence-electron chi connectivity index (χ0n) is 12.7. The van der Waals surface area contributed by atoms with Crippen molar-refractivity contribution in [2.75, 3.05) is 13.6 Å². The molecule has 0 aromatic rings. The normalized spacial score (nSPS) is 40.6. The minimum atomic E-state index is 0.513. The van der Waals surface area contributed by atoms with Crippen molar-refractivity contribution in [3.63, 3.8) is 0 Å². The van der Waals surface area contributed by atoms with Crippen molar-refractivity contribution in [1.29, 1.82) is 0 Å². The fraction of sp³-hybridized carbons (Fsp3) is 1.00. The molecule has 2 fully saturated rings. The van der Waals surface area contributed by atoms with Crippen molar-refractivity contribution in [1.82, 2.24) is 5.32 Å². The summed E-state index contributed by atoms with van der Waals surface area (Å²) in [5, 5.41) is 3.40. The third kappa shape index (κ3) is 1.95. The van der Waals surface area contributed by atoms with Crippen LogP contribution in [0.3, 0.4) is 0 Å². The van der Waals surface area contributed by atoms with Crippen molar-refractivity contribution in [2.24, 2.45) is 28.1 Å². The van der Waals surface area contributed by atoms with E-state index in [4.69, 9.17) is 0 Å². The molecule has 0 saturated heterocycles. The van der Waals surface area contributed by atoms with Gasteiger partial charge in [-0.15, -0.1) is 0 Å². The number of nitrogens with one attached hydrogen (secondary N) is 1. The largest absolute Gasteiger partial charge is 0.319 e. The molecule has 0 amide bonds. The lowest BCUT2D eigenvalue weighted by molar-refractivity contribution is 0.121. The van der Waals surface area contributed by atoms with Gasteiger partial charge in [-0.1, -0.05) is 34.6 Å². The monoisotopic (exact) mass is 237 g/mol. The van der Waals surface area contributed by atoms with Crippen LogP contribution in [0.5, 0.6) is 0 Å². The van der Waals surface area contributed by atoms with Crippen LogP contribution in [0.25, 0.3) is 0 Å². The first-order chi connectivity index (χ1) is 7.75. The summed E-state index contributed by atoms with van der Waals surface area (Å²) in [5.74, 6) is 1.86. The lowest BCUT2D eigenvalue weighted by atomic mass is 9.67. The van der Waals surface area contributed by atoms with Crippen molar-refractivity contribution < 1.29 is 0 Å². The van der Waals surface area contributed by atoms with Crippen LogP contribution in [0.4, 0.5) is 0 Å². The fourth-order valence-electron chi connectivity index (χ4n) is 4.71. The van der Waals surface area contributed by atoms with Crippen molar-refractivity contribution in [3.8, 4) is 0 Å². The van der Waals surface area contributed by atoms with Gasteiger partial charge in [-0.3, -0.25) is 0 Å². The zero-order chi connectivity index (χ0) is 12.9.